The highest BCUT2D eigenvalue weighted by atomic mass is 16.5. The van der Waals surface area contributed by atoms with Gasteiger partial charge >= 0.3 is 0 Å². The zero-order valence-electron chi connectivity index (χ0n) is 9.80. The first-order chi connectivity index (χ1) is 8.20. The van der Waals surface area contributed by atoms with Crippen LogP contribution < -0.4 is 5.73 Å². The molecular weight excluding hydrogens is 220 g/mol. The number of nitrogens with zero attached hydrogens (tertiary/aromatic N) is 3. The maximum absolute atomic E-state index is 12.0. The SMILES string of the molecule is COCC1CCN(C(=O)c2cnc(N)cn2)C1. The van der Waals surface area contributed by atoms with Crippen LogP contribution in [0.3, 0.4) is 0 Å². The molecule has 1 aliphatic rings. The van der Waals surface area contributed by atoms with Gasteiger partial charge in [0.05, 0.1) is 19.0 Å². The average Bonchev–Trinajstić information content (AvgIpc) is 2.78. The Morgan fingerprint density at radius 1 is 1.59 bits per heavy atom. The molecule has 1 amide bonds. The van der Waals surface area contributed by atoms with E-state index in [1.807, 2.05) is 0 Å². The molecule has 0 aliphatic carbocycles. The van der Waals surface area contributed by atoms with Crippen molar-refractivity contribution >= 4 is 11.7 Å². The first kappa shape index (κ1) is 11.8. The Kier molecular flexibility index (Phi) is 3.53. The number of anilines is 1. The van der Waals surface area contributed by atoms with Gasteiger partial charge in [0.2, 0.25) is 0 Å². The topological polar surface area (TPSA) is 81.3 Å². The Balaban J connectivity index is 1.99. The summed E-state index contributed by atoms with van der Waals surface area (Å²) in [5, 5.41) is 0. The number of nitrogen functional groups attached to an aromatic ring is 1. The normalized spacial score (nSPS) is 19.6. The maximum Gasteiger partial charge on any atom is 0.274 e. The van der Waals surface area contributed by atoms with Gasteiger partial charge in [0.15, 0.2) is 0 Å². The van der Waals surface area contributed by atoms with Gasteiger partial charge in [0.25, 0.3) is 5.91 Å². The van der Waals surface area contributed by atoms with Crippen LogP contribution in [0.15, 0.2) is 12.4 Å². The average molecular weight is 236 g/mol. The minimum atomic E-state index is -0.0869. The smallest absolute Gasteiger partial charge is 0.274 e. The Morgan fingerprint density at radius 2 is 2.41 bits per heavy atom. The maximum atomic E-state index is 12.0. The third-order valence-electron chi connectivity index (χ3n) is 2.87. The molecule has 0 aromatic carbocycles. The van der Waals surface area contributed by atoms with Crippen LogP contribution in [0.25, 0.3) is 0 Å². The van der Waals surface area contributed by atoms with Crippen LogP contribution in [-0.4, -0.2) is 47.6 Å². The number of likely N-dealkylation sites (tertiary alicyclic amines) is 1. The summed E-state index contributed by atoms with van der Waals surface area (Å²) < 4.78 is 5.09. The van der Waals surface area contributed by atoms with Gasteiger partial charge in [0.1, 0.15) is 11.5 Å². The molecule has 17 heavy (non-hydrogen) atoms. The van der Waals surface area contributed by atoms with E-state index in [1.54, 1.807) is 12.0 Å². The number of hydrogen-bond acceptors (Lipinski definition) is 5. The lowest BCUT2D eigenvalue weighted by atomic mass is 10.1. The van der Waals surface area contributed by atoms with E-state index in [4.69, 9.17) is 10.5 Å². The van der Waals surface area contributed by atoms with Crippen molar-refractivity contribution in [3.63, 3.8) is 0 Å². The van der Waals surface area contributed by atoms with E-state index in [-0.39, 0.29) is 5.91 Å². The summed E-state index contributed by atoms with van der Waals surface area (Å²) >= 11 is 0. The van der Waals surface area contributed by atoms with Gasteiger partial charge in [-0.15, -0.1) is 0 Å². The van der Waals surface area contributed by atoms with Crippen LogP contribution in [-0.2, 0) is 4.74 Å². The molecule has 1 unspecified atom stereocenters. The molecule has 0 spiro atoms. The molecule has 0 bridgehead atoms. The fourth-order valence-corrected chi connectivity index (χ4v) is 2.00. The minimum Gasteiger partial charge on any atom is -0.384 e. The molecule has 1 aromatic rings. The molecule has 1 aliphatic heterocycles. The number of amides is 1. The van der Waals surface area contributed by atoms with E-state index >= 15 is 0 Å². The van der Waals surface area contributed by atoms with Crippen molar-refractivity contribution in [2.45, 2.75) is 6.42 Å². The van der Waals surface area contributed by atoms with Crippen molar-refractivity contribution in [2.24, 2.45) is 5.92 Å². The van der Waals surface area contributed by atoms with E-state index in [9.17, 15) is 4.79 Å². The molecule has 1 aromatic heterocycles. The number of hydrogen-bond donors (Lipinski definition) is 1. The zero-order valence-corrected chi connectivity index (χ0v) is 9.80. The summed E-state index contributed by atoms with van der Waals surface area (Å²) in [7, 11) is 1.68. The van der Waals surface area contributed by atoms with Crippen molar-refractivity contribution in [3.8, 4) is 0 Å². The van der Waals surface area contributed by atoms with Crippen LogP contribution in [0.4, 0.5) is 5.82 Å². The molecule has 2 rings (SSSR count). The van der Waals surface area contributed by atoms with Gasteiger partial charge in [-0.25, -0.2) is 9.97 Å². The van der Waals surface area contributed by atoms with Crippen LogP contribution in [0.5, 0.6) is 0 Å². The molecular formula is C11H16N4O2. The summed E-state index contributed by atoms with van der Waals surface area (Å²) in [6.07, 6.45) is 3.79. The molecule has 6 heteroatoms. The van der Waals surface area contributed by atoms with Crippen LogP contribution in [0.1, 0.15) is 16.9 Å². The molecule has 1 atom stereocenters. The zero-order chi connectivity index (χ0) is 12.3. The van der Waals surface area contributed by atoms with E-state index in [2.05, 4.69) is 9.97 Å². The van der Waals surface area contributed by atoms with Crippen LogP contribution >= 0.6 is 0 Å². The lowest BCUT2D eigenvalue weighted by molar-refractivity contribution is 0.0769. The van der Waals surface area contributed by atoms with Gasteiger partial charge in [0, 0.05) is 26.1 Å². The second-order valence-corrected chi connectivity index (χ2v) is 4.19. The Labute approximate surface area is 99.8 Å². The number of methoxy groups -OCH3 is 1. The molecule has 2 heterocycles. The molecule has 6 nitrogen and oxygen atoms in total. The fraction of sp³-hybridized carbons (Fsp3) is 0.545. The summed E-state index contributed by atoms with van der Waals surface area (Å²) in [4.78, 5) is 21.7. The highest BCUT2D eigenvalue weighted by Crippen LogP contribution is 2.18. The summed E-state index contributed by atoms with van der Waals surface area (Å²) in [6, 6.07) is 0. The molecule has 2 N–H and O–H groups in total. The van der Waals surface area contributed by atoms with Crippen molar-refractivity contribution in [1.29, 1.82) is 0 Å². The molecule has 1 fully saturated rings. The number of aromatic nitrogens is 2. The van der Waals surface area contributed by atoms with Gasteiger partial charge in [-0.1, -0.05) is 0 Å². The number of carbonyl (C=O) groups is 1. The van der Waals surface area contributed by atoms with Crippen molar-refractivity contribution in [2.75, 3.05) is 32.5 Å². The van der Waals surface area contributed by atoms with Gasteiger partial charge in [-0.2, -0.15) is 0 Å². The van der Waals surface area contributed by atoms with E-state index < -0.39 is 0 Å². The minimum absolute atomic E-state index is 0.0869. The molecule has 0 radical (unpaired) electrons. The third kappa shape index (κ3) is 2.71. The van der Waals surface area contributed by atoms with Crippen LogP contribution in [0, 0.1) is 5.92 Å². The predicted octanol–water partition coefficient (Wildman–Crippen LogP) is 0.167. The largest absolute Gasteiger partial charge is 0.384 e. The predicted molar refractivity (Wildman–Crippen MR) is 62.3 cm³/mol. The monoisotopic (exact) mass is 236 g/mol. The number of nitrogens with two attached hydrogens (primary N) is 1. The molecule has 92 valence electrons. The van der Waals surface area contributed by atoms with Gasteiger partial charge in [-0.3, -0.25) is 4.79 Å². The Hall–Kier alpha value is -1.69. The van der Waals surface area contributed by atoms with E-state index in [0.717, 1.165) is 19.5 Å². The standard InChI is InChI=1S/C11H16N4O2/c1-17-7-8-2-3-15(6-8)11(16)9-4-14-10(12)5-13-9/h4-5,8H,2-3,6-7H2,1H3,(H2,12,14). The summed E-state index contributed by atoms with van der Waals surface area (Å²) in [5.41, 5.74) is 5.77. The van der Waals surface area contributed by atoms with Crippen molar-refractivity contribution < 1.29 is 9.53 Å². The summed E-state index contributed by atoms with van der Waals surface area (Å²) in [5.74, 6) is 0.655. The first-order valence-corrected chi connectivity index (χ1v) is 5.56. The Morgan fingerprint density at radius 3 is 3.06 bits per heavy atom. The lowest BCUT2D eigenvalue weighted by Crippen LogP contribution is -2.30. The lowest BCUT2D eigenvalue weighted by Gasteiger charge is -2.15. The molecule has 0 saturated carbocycles. The second kappa shape index (κ2) is 5.09. The first-order valence-electron chi connectivity index (χ1n) is 5.56. The highest BCUT2D eigenvalue weighted by Gasteiger charge is 2.27. The second-order valence-electron chi connectivity index (χ2n) is 4.19. The van der Waals surface area contributed by atoms with E-state index in [0.29, 0.717) is 24.0 Å². The fourth-order valence-electron chi connectivity index (χ4n) is 2.00. The number of rotatable bonds is 3. The highest BCUT2D eigenvalue weighted by molar-refractivity contribution is 5.92. The van der Waals surface area contributed by atoms with Crippen molar-refractivity contribution in [1.82, 2.24) is 14.9 Å². The Bertz CT molecular complexity index is 393. The van der Waals surface area contributed by atoms with Crippen molar-refractivity contribution in [3.05, 3.63) is 18.1 Å². The number of carbonyl (C=O) groups excluding carboxylic acids is 1. The third-order valence-corrected chi connectivity index (χ3v) is 2.87. The quantitative estimate of drug-likeness (QED) is 0.809. The van der Waals surface area contributed by atoms with E-state index in [1.165, 1.54) is 12.4 Å². The van der Waals surface area contributed by atoms with Gasteiger partial charge in [-0.05, 0) is 6.42 Å². The summed E-state index contributed by atoms with van der Waals surface area (Å²) in [6.45, 7) is 2.16. The van der Waals surface area contributed by atoms with Gasteiger partial charge < -0.3 is 15.4 Å². The molecule has 1 saturated heterocycles. The van der Waals surface area contributed by atoms with Crippen LogP contribution in [0.2, 0.25) is 0 Å². The number of ether oxygens (including phenoxy) is 1.